The zero-order valence-electron chi connectivity index (χ0n) is 11.9. The standard InChI is InChI=1S/C16H19BO2/c1-15(2)11-10-13-14(16(15,3)4)19-17(18-13)12-8-6-5-7-9-12/h5-11H,1-4H3. The van der Waals surface area contributed by atoms with E-state index in [-0.39, 0.29) is 17.9 Å². The average molecular weight is 254 g/mol. The van der Waals surface area contributed by atoms with Gasteiger partial charge in [0, 0.05) is 10.9 Å². The summed E-state index contributed by atoms with van der Waals surface area (Å²) in [5.41, 5.74) is 1.04. The maximum Gasteiger partial charge on any atom is 0.632 e. The summed E-state index contributed by atoms with van der Waals surface area (Å²) in [6, 6.07) is 10.1. The largest absolute Gasteiger partial charge is 0.632 e. The Hall–Kier alpha value is -1.64. The number of benzene rings is 1. The van der Waals surface area contributed by atoms with Crippen molar-refractivity contribution >= 4 is 12.6 Å². The molecule has 3 heteroatoms. The Kier molecular flexibility index (Phi) is 2.56. The highest BCUT2D eigenvalue weighted by Gasteiger charge is 2.49. The molecule has 19 heavy (non-hydrogen) atoms. The van der Waals surface area contributed by atoms with Crippen molar-refractivity contribution in [3.8, 4) is 0 Å². The van der Waals surface area contributed by atoms with E-state index in [4.69, 9.17) is 9.31 Å². The molecule has 2 nitrogen and oxygen atoms in total. The van der Waals surface area contributed by atoms with Crippen LogP contribution in [0.25, 0.3) is 0 Å². The third kappa shape index (κ3) is 1.80. The molecule has 0 spiro atoms. The van der Waals surface area contributed by atoms with Gasteiger partial charge in [-0.3, -0.25) is 0 Å². The van der Waals surface area contributed by atoms with Gasteiger partial charge < -0.3 is 9.31 Å². The predicted octanol–water partition coefficient (Wildman–Crippen LogP) is 3.26. The van der Waals surface area contributed by atoms with Crippen LogP contribution in [0.2, 0.25) is 0 Å². The minimum absolute atomic E-state index is 0.0563. The Morgan fingerprint density at radius 3 is 2.32 bits per heavy atom. The van der Waals surface area contributed by atoms with Crippen LogP contribution in [0, 0.1) is 10.8 Å². The highest BCUT2D eigenvalue weighted by atomic mass is 16.6. The molecule has 1 aliphatic carbocycles. The fourth-order valence-corrected chi connectivity index (χ4v) is 2.46. The predicted molar refractivity (Wildman–Crippen MR) is 77.7 cm³/mol. The molecule has 3 rings (SSSR count). The fourth-order valence-electron chi connectivity index (χ4n) is 2.46. The summed E-state index contributed by atoms with van der Waals surface area (Å²) in [6.07, 6.45) is 4.26. The van der Waals surface area contributed by atoms with Gasteiger partial charge in [0.15, 0.2) is 0 Å². The zero-order valence-corrected chi connectivity index (χ0v) is 11.9. The van der Waals surface area contributed by atoms with Crippen LogP contribution in [0.3, 0.4) is 0 Å². The topological polar surface area (TPSA) is 18.5 Å². The van der Waals surface area contributed by atoms with Crippen molar-refractivity contribution in [3.05, 3.63) is 54.0 Å². The Labute approximate surface area is 115 Å². The van der Waals surface area contributed by atoms with E-state index in [9.17, 15) is 0 Å². The van der Waals surface area contributed by atoms with E-state index in [1.807, 2.05) is 36.4 Å². The first-order chi connectivity index (χ1) is 8.92. The van der Waals surface area contributed by atoms with Crippen molar-refractivity contribution in [1.82, 2.24) is 0 Å². The van der Waals surface area contributed by atoms with Gasteiger partial charge >= 0.3 is 7.12 Å². The Morgan fingerprint density at radius 2 is 1.63 bits per heavy atom. The van der Waals surface area contributed by atoms with E-state index >= 15 is 0 Å². The van der Waals surface area contributed by atoms with E-state index in [1.54, 1.807) is 0 Å². The van der Waals surface area contributed by atoms with E-state index in [0.29, 0.717) is 0 Å². The lowest BCUT2D eigenvalue weighted by Gasteiger charge is -2.41. The Bertz CT molecular complexity index is 555. The number of hydrogen-bond acceptors (Lipinski definition) is 2. The molecular formula is C16H19BO2. The molecule has 2 aliphatic rings. The normalized spacial score (nSPS) is 22.8. The molecule has 1 aliphatic heterocycles. The molecule has 1 aromatic rings. The molecule has 0 saturated heterocycles. The van der Waals surface area contributed by atoms with E-state index in [2.05, 4.69) is 33.8 Å². The van der Waals surface area contributed by atoms with Gasteiger partial charge in [-0.15, -0.1) is 0 Å². The molecule has 0 saturated carbocycles. The monoisotopic (exact) mass is 254 g/mol. The van der Waals surface area contributed by atoms with Crippen LogP contribution in [-0.4, -0.2) is 7.12 Å². The van der Waals surface area contributed by atoms with Gasteiger partial charge in [-0.05, 0) is 11.5 Å². The zero-order chi connectivity index (χ0) is 13.7. The maximum absolute atomic E-state index is 6.11. The lowest BCUT2D eigenvalue weighted by Crippen LogP contribution is -2.37. The molecule has 1 heterocycles. The van der Waals surface area contributed by atoms with Gasteiger partial charge in [-0.1, -0.05) is 64.1 Å². The fraction of sp³-hybridized carbons (Fsp3) is 0.375. The second-order valence-electron chi connectivity index (χ2n) is 6.35. The molecule has 0 unspecified atom stereocenters. The quantitative estimate of drug-likeness (QED) is 0.716. The molecule has 0 aromatic heterocycles. The van der Waals surface area contributed by atoms with Gasteiger partial charge in [-0.25, -0.2) is 0 Å². The molecular weight excluding hydrogens is 235 g/mol. The summed E-state index contributed by atoms with van der Waals surface area (Å²) in [6.45, 7) is 8.88. The van der Waals surface area contributed by atoms with Gasteiger partial charge in [0.2, 0.25) is 0 Å². The van der Waals surface area contributed by atoms with Crippen molar-refractivity contribution in [2.75, 3.05) is 0 Å². The average Bonchev–Trinajstić information content (AvgIpc) is 2.81. The molecule has 98 valence electrons. The van der Waals surface area contributed by atoms with Crippen LogP contribution in [0.5, 0.6) is 0 Å². The summed E-state index contributed by atoms with van der Waals surface area (Å²) in [4.78, 5) is 0. The number of hydrogen-bond donors (Lipinski definition) is 0. The van der Waals surface area contributed by atoms with E-state index in [1.165, 1.54) is 0 Å². The summed E-state index contributed by atoms with van der Waals surface area (Å²) >= 11 is 0. The van der Waals surface area contributed by atoms with Crippen molar-refractivity contribution < 1.29 is 9.31 Å². The highest BCUT2D eigenvalue weighted by molar-refractivity contribution is 6.62. The smallest absolute Gasteiger partial charge is 0.522 e. The summed E-state index contributed by atoms with van der Waals surface area (Å²) < 4.78 is 12.1. The molecule has 0 bridgehead atoms. The summed E-state index contributed by atoms with van der Waals surface area (Å²) in [7, 11) is -0.316. The summed E-state index contributed by atoms with van der Waals surface area (Å²) in [5.74, 6) is 1.84. The Balaban J connectivity index is 1.92. The molecule has 0 atom stereocenters. The second kappa shape index (κ2) is 3.93. The minimum atomic E-state index is -0.316. The van der Waals surface area contributed by atoms with Gasteiger partial charge in [0.25, 0.3) is 0 Å². The first kappa shape index (κ1) is 12.4. The van der Waals surface area contributed by atoms with Crippen molar-refractivity contribution in [1.29, 1.82) is 0 Å². The van der Waals surface area contributed by atoms with Gasteiger partial charge in [0.1, 0.15) is 11.5 Å². The van der Waals surface area contributed by atoms with Crippen LogP contribution in [0.15, 0.2) is 54.0 Å². The third-order valence-electron chi connectivity index (χ3n) is 4.58. The first-order valence-electron chi connectivity index (χ1n) is 6.74. The van der Waals surface area contributed by atoms with Crippen LogP contribution in [0.4, 0.5) is 0 Å². The number of allylic oxidation sites excluding steroid dienone is 3. The molecule has 0 radical (unpaired) electrons. The third-order valence-corrected chi connectivity index (χ3v) is 4.58. The van der Waals surface area contributed by atoms with Crippen LogP contribution in [-0.2, 0) is 9.31 Å². The lowest BCUT2D eigenvalue weighted by atomic mass is 9.64. The second-order valence-corrected chi connectivity index (χ2v) is 6.35. The van der Waals surface area contributed by atoms with Crippen LogP contribution >= 0.6 is 0 Å². The molecule has 1 aromatic carbocycles. The number of rotatable bonds is 1. The van der Waals surface area contributed by atoms with Crippen molar-refractivity contribution in [2.24, 2.45) is 10.8 Å². The van der Waals surface area contributed by atoms with Crippen molar-refractivity contribution in [3.63, 3.8) is 0 Å². The molecule has 0 N–H and O–H groups in total. The molecule has 0 fully saturated rings. The Morgan fingerprint density at radius 1 is 0.947 bits per heavy atom. The van der Waals surface area contributed by atoms with Crippen molar-refractivity contribution in [2.45, 2.75) is 27.7 Å². The lowest BCUT2D eigenvalue weighted by molar-refractivity contribution is 0.148. The minimum Gasteiger partial charge on any atom is -0.522 e. The SMILES string of the molecule is CC1(C)C=CC2=C(OB(c3ccccc3)O2)C1(C)C. The molecule has 0 amide bonds. The highest BCUT2D eigenvalue weighted by Crippen LogP contribution is 2.51. The van der Waals surface area contributed by atoms with E-state index < -0.39 is 0 Å². The van der Waals surface area contributed by atoms with E-state index in [0.717, 1.165) is 17.0 Å². The summed E-state index contributed by atoms with van der Waals surface area (Å²) in [5, 5.41) is 0. The van der Waals surface area contributed by atoms with Crippen LogP contribution in [0.1, 0.15) is 27.7 Å². The van der Waals surface area contributed by atoms with Crippen LogP contribution < -0.4 is 5.46 Å². The van der Waals surface area contributed by atoms with Gasteiger partial charge in [-0.2, -0.15) is 0 Å². The van der Waals surface area contributed by atoms with Gasteiger partial charge in [0.05, 0.1) is 0 Å². The maximum atomic E-state index is 6.11. The first-order valence-corrected chi connectivity index (χ1v) is 6.74.